The quantitative estimate of drug-likeness (QED) is 0.260. The molecule has 2 heteroatoms. The Bertz CT molecular complexity index is 1570. The van der Waals surface area contributed by atoms with Crippen molar-refractivity contribution in [3.63, 3.8) is 0 Å². The van der Waals surface area contributed by atoms with E-state index in [-0.39, 0.29) is 0 Å². The summed E-state index contributed by atoms with van der Waals surface area (Å²) >= 11 is 0. The predicted octanol–water partition coefficient (Wildman–Crippen LogP) is 8.35. The molecule has 6 rings (SSSR count). The van der Waals surface area contributed by atoms with Gasteiger partial charge in [-0.3, -0.25) is 0 Å². The van der Waals surface area contributed by atoms with E-state index in [9.17, 15) is 0 Å². The molecule has 34 heavy (non-hydrogen) atoms. The maximum Gasteiger partial charge on any atom is 0.0540 e. The maximum atomic E-state index is 2.42. The molecule has 1 aliphatic rings. The molecule has 0 spiro atoms. The Hall–Kier alpha value is -3.23. The van der Waals surface area contributed by atoms with Crippen LogP contribution in [0.2, 0.25) is 0 Å². The average Bonchev–Trinajstić information content (AvgIpc) is 2.85. The fourth-order valence-electron chi connectivity index (χ4n) is 5.43. The van der Waals surface area contributed by atoms with Crippen LogP contribution in [-0.4, -0.2) is 18.8 Å². The van der Waals surface area contributed by atoms with Crippen molar-refractivity contribution in [1.29, 1.82) is 0 Å². The van der Waals surface area contributed by atoms with E-state index >= 15 is 0 Å². The Labute approximate surface area is 204 Å². The van der Waals surface area contributed by atoms with Crippen LogP contribution in [0.1, 0.15) is 18.9 Å². The van der Waals surface area contributed by atoms with Crippen LogP contribution in [-0.2, 0) is 6.42 Å². The van der Waals surface area contributed by atoms with E-state index in [1.54, 1.807) is 0 Å². The highest BCUT2D eigenvalue weighted by Gasteiger charge is 2.20. The molecule has 0 saturated carbocycles. The fraction of sp³-hybridized carbons (Fsp3) is 0.188. The van der Waals surface area contributed by atoms with Gasteiger partial charge in [-0.2, -0.15) is 0 Å². The van der Waals surface area contributed by atoms with Crippen LogP contribution < -0.4 is 10.1 Å². The van der Waals surface area contributed by atoms with E-state index in [0.717, 1.165) is 12.8 Å². The van der Waals surface area contributed by atoms with Crippen molar-refractivity contribution in [3.8, 4) is 0 Å². The van der Waals surface area contributed by atoms with Crippen molar-refractivity contribution >= 4 is 54.2 Å². The Kier molecular flexibility index (Phi) is 4.97. The molecular formula is C32H31NS. The lowest BCUT2D eigenvalue weighted by molar-refractivity contribution is 0.999. The highest BCUT2D eigenvalue weighted by Crippen LogP contribution is 2.47. The zero-order valence-electron chi connectivity index (χ0n) is 20.4. The third kappa shape index (κ3) is 3.40. The predicted molar refractivity (Wildman–Crippen MR) is 152 cm³/mol. The minimum atomic E-state index is -0.760. The number of anilines is 3. The van der Waals surface area contributed by atoms with Gasteiger partial charge in [-0.25, -0.2) is 10.0 Å². The van der Waals surface area contributed by atoms with Crippen LogP contribution in [0, 0.1) is 0 Å². The van der Waals surface area contributed by atoms with Crippen molar-refractivity contribution in [3.05, 3.63) is 102 Å². The molecule has 0 amide bonds. The summed E-state index contributed by atoms with van der Waals surface area (Å²) in [7, 11) is -0.760. The molecule has 170 valence electrons. The Balaban J connectivity index is 1.64. The summed E-state index contributed by atoms with van der Waals surface area (Å²) in [5.41, 5.74) is 6.61. The summed E-state index contributed by atoms with van der Waals surface area (Å²) in [5, 5.41) is 6.94. The largest absolute Gasteiger partial charge is 0.310 e. The van der Waals surface area contributed by atoms with Crippen LogP contribution in [0.4, 0.5) is 17.1 Å². The number of hydrogen-bond acceptors (Lipinski definition) is 1. The van der Waals surface area contributed by atoms with Gasteiger partial charge in [-0.05, 0) is 113 Å². The number of rotatable bonds is 4. The molecule has 0 aromatic heterocycles. The highest BCUT2D eigenvalue weighted by atomic mass is 32.3. The number of hydrogen-bond donors (Lipinski definition) is 0. The second-order valence-corrected chi connectivity index (χ2v) is 14.4. The van der Waals surface area contributed by atoms with Gasteiger partial charge >= 0.3 is 0 Å². The minimum Gasteiger partial charge on any atom is -0.310 e. The molecule has 1 aliphatic carbocycles. The minimum absolute atomic E-state index is 0.760. The van der Waals surface area contributed by atoms with Crippen molar-refractivity contribution < 1.29 is 0 Å². The first-order valence-electron chi connectivity index (χ1n) is 12.0. The van der Waals surface area contributed by atoms with Crippen molar-refractivity contribution in [2.45, 2.75) is 24.7 Å². The summed E-state index contributed by atoms with van der Waals surface area (Å²) in [6.07, 6.45) is 9.35. The molecule has 0 unspecified atom stereocenters. The summed E-state index contributed by atoms with van der Waals surface area (Å²) in [6, 6.07) is 33.9. The average molecular weight is 462 g/mol. The Morgan fingerprint density at radius 1 is 0.647 bits per heavy atom. The molecule has 0 bridgehead atoms. The summed E-state index contributed by atoms with van der Waals surface area (Å²) in [4.78, 5) is 3.85. The first kappa shape index (κ1) is 21.3. The number of para-hydroxylation sites is 1. The second-order valence-electron chi connectivity index (χ2n) is 10.2. The molecule has 5 aromatic carbocycles. The van der Waals surface area contributed by atoms with Crippen LogP contribution in [0.3, 0.4) is 0 Å². The Morgan fingerprint density at radius 3 is 2.09 bits per heavy atom. The molecular weight excluding hydrogens is 430 g/mol. The lowest BCUT2D eigenvalue weighted by Gasteiger charge is -2.30. The van der Waals surface area contributed by atoms with Crippen molar-refractivity contribution in [2.24, 2.45) is 0 Å². The van der Waals surface area contributed by atoms with E-state index in [4.69, 9.17) is 0 Å². The third-order valence-corrected chi connectivity index (χ3v) is 8.95. The first-order valence-corrected chi connectivity index (χ1v) is 14.9. The first-order chi connectivity index (χ1) is 16.4. The summed E-state index contributed by atoms with van der Waals surface area (Å²) in [6.45, 7) is 2.30. The SMILES string of the molecule is CC1=c2ccc3ccc(N(c4ccccc4)c4ccc(S(C)(C)C)cc4)c4ccc(c2c34)CC1. The van der Waals surface area contributed by atoms with Crippen LogP contribution >= 0.6 is 10.0 Å². The molecule has 0 aliphatic heterocycles. The van der Waals surface area contributed by atoms with Gasteiger partial charge in [0.2, 0.25) is 0 Å². The molecule has 0 heterocycles. The number of benzene rings is 5. The van der Waals surface area contributed by atoms with Crippen LogP contribution in [0.5, 0.6) is 0 Å². The highest BCUT2D eigenvalue weighted by molar-refractivity contribution is 8.32. The van der Waals surface area contributed by atoms with Gasteiger partial charge in [-0.15, -0.1) is 0 Å². The Morgan fingerprint density at radius 2 is 1.35 bits per heavy atom. The zero-order valence-corrected chi connectivity index (χ0v) is 21.2. The number of aryl methyl sites for hydroxylation is 1. The van der Waals surface area contributed by atoms with Crippen LogP contribution in [0.25, 0.3) is 27.1 Å². The fourth-order valence-corrected chi connectivity index (χ4v) is 6.38. The zero-order chi connectivity index (χ0) is 23.4. The molecule has 0 radical (unpaired) electrons. The lowest BCUT2D eigenvalue weighted by Crippen LogP contribution is -2.15. The second kappa shape index (κ2) is 7.92. The van der Waals surface area contributed by atoms with Gasteiger partial charge < -0.3 is 4.90 Å². The van der Waals surface area contributed by atoms with Gasteiger partial charge in [-0.1, -0.05) is 54.1 Å². The topological polar surface area (TPSA) is 3.24 Å². The molecule has 1 nitrogen and oxygen atoms in total. The molecule has 5 aromatic rings. The lowest BCUT2D eigenvalue weighted by atomic mass is 9.86. The van der Waals surface area contributed by atoms with E-state index in [2.05, 4.69) is 122 Å². The van der Waals surface area contributed by atoms with E-state index in [1.807, 2.05) is 0 Å². The molecule has 0 N–H and O–H groups in total. The van der Waals surface area contributed by atoms with Gasteiger partial charge in [0.15, 0.2) is 0 Å². The normalized spacial score (nSPS) is 14.1. The summed E-state index contributed by atoms with van der Waals surface area (Å²) < 4.78 is 0. The molecule has 0 fully saturated rings. The van der Waals surface area contributed by atoms with Crippen LogP contribution in [0.15, 0.2) is 95.9 Å². The maximum absolute atomic E-state index is 2.42. The summed E-state index contributed by atoms with van der Waals surface area (Å²) in [5.74, 6) is 0. The van der Waals surface area contributed by atoms with Gasteiger partial charge in [0.05, 0.1) is 5.69 Å². The smallest absolute Gasteiger partial charge is 0.0540 e. The third-order valence-electron chi connectivity index (χ3n) is 7.26. The van der Waals surface area contributed by atoms with Crippen molar-refractivity contribution in [1.82, 2.24) is 0 Å². The van der Waals surface area contributed by atoms with Gasteiger partial charge in [0, 0.05) is 16.8 Å². The standard InChI is InChI=1S/C32H31NS/c1-22-10-11-23-13-20-29-30(21-14-24-12-19-28(22)31(23)32(24)29)33(25-8-6-5-7-9-25)26-15-17-27(18-16-26)34(2,3)4/h5-9,12-21H,10-11H2,1-4H3. The molecule has 0 atom stereocenters. The van der Waals surface area contributed by atoms with Gasteiger partial charge in [0.25, 0.3) is 0 Å². The van der Waals surface area contributed by atoms with E-state index < -0.39 is 10.0 Å². The van der Waals surface area contributed by atoms with Gasteiger partial charge in [0.1, 0.15) is 0 Å². The molecule has 0 saturated heterocycles. The van der Waals surface area contributed by atoms with Crippen molar-refractivity contribution in [2.75, 3.05) is 23.7 Å². The van der Waals surface area contributed by atoms with E-state index in [1.165, 1.54) is 59.9 Å². The monoisotopic (exact) mass is 461 g/mol. The van der Waals surface area contributed by atoms with E-state index in [0.29, 0.717) is 0 Å². The number of nitrogens with zero attached hydrogens (tertiary/aromatic N) is 1.